The number of hydrogen-bond acceptors (Lipinski definition) is 1. The van der Waals surface area contributed by atoms with Crippen LogP contribution < -0.4 is 11.1 Å². The highest BCUT2D eigenvalue weighted by Gasteiger charge is 2.29. The fourth-order valence-electron chi connectivity index (χ4n) is 2.88. The van der Waals surface area contributed by atoms with Crippen LogP contribution in [-0.2, 0) is 0 Å². The van der Waals surface area contributed by atoms with Crippen LogP contribution >= 0.6 is 24.0 Å². The van der Waals surface area contributed by atoms with Gasteiger partial charge in [-0.3, -0.25) is 4.99 Å². The molecule has 0 radical (unpaired) electrons. The van der Waals surface area contributed by atoms with Gasteiger partial charge in [0.2, 0.25) is 0 Å². The minimum Gasteiger partial charge on any atom is -0.370 e. The fourth-order valence-corrected chi connectivity index (χ4v) is 2.88. The Labute approximate surface area is 157 Å². The molecule has 3 N–H and O–H groups in total. The Morgan fingerprint density at radius 1 is 1.12 bits per heavy atom. The Balaban J connectivity index is 0.00000208. The van der Waals surface area contributed by atoms with E-state index in [0.717, 1.165) is 31.0 Å². The van der Waals surface area contributed by atoms with Crippen LogP contribution in [0.2, 0.25) is 0 Å². The van der Waals surface area contributed by atoms with E-state index in [-0.39, 0.29) is 35.6 Å². The minimum absolute atomic E-state index is 0. The molecule has 0 saturated heterocycles. The van der Waals surface area contributed by atoms with Crippen molar-refractivity contribution in [1.29, 1.82) is 0 Å². The number of aliphatic imine (C=N–C) groups is 1. The molecule has 2 aromatic rings. The van der Waals surface area contributed by atoms with Crippen molar-refractivity contribution in [3.05, 3.63) is 65.7 Å². The molecule has 1 fully saturated rings. The first-order valence-corrected chi connectivity index (χ1v) is 7.69. The first-order chi connectivity index (χ1) is 11.1. The zero-order chi connectivity index (χ0) is 16.2. The van der Waals surface area contributed by atoms with Crippen molar-refractivity contribution >= 4 is 35.6 Å². The Morgan fingerprint density at radius 2 is 1.83 bits per heavy atom. The average molecular weight is 443 g/mol. The van der Waals surface area contributed by atoms with Gasteiger partial charge in [-0.2, -0.15) is 0 Å². The molecule has 0 heterocycles. The summed E-state index contributed by atoms with van der Waals surface area (Å²) in [6.45, 7) is 0.596. The average Bonchev–Trinajstić information content (AvgIpc) is 2.50. The van der Waals surface area contributed by atoms with Crippen molar-refractivity contribution in [3.8, 4) is 0 Å². The lowest BCUT2D eigenvalue weighted by Gasteiger charge is -2.34. The van der Waals surface area contributed by atoms with Gasteiger partial charge in [-0.1, -0.05) is 30.3 Å². The maximum Gasteiger partial charge on any atom is 0.193 e. The first kappa shape index (κ1) is 18.6. The maximum atomic E-state index is 13.5. The van der Waals surface area contributed by atoms with Crippen molar-refractivity contribution in [2.45, 2.75) is 18.8 Å². The molecule has 1 aliphatic rings. The monoisotopic (exact) mass is 443 g/mol. The summed E-state index contributed by atoms with van der Waals surface area (Å²) in [7, 11) is 0. The highest BCUT2D eigenvalue weighted by molar-refractivity contribution is 14.0. The van der Waals surface area contributed by atoms with Crippen LogP contribution in [0.15, 0.2) is 53.5 Å². The number of anilines is 1. The second kappa shape index (κ2) is 8.41. The quantitative estimate of drug-likeness (QED) is 0.415. The number of halogens is 3. The zero-order valence-electron chi connectivity index (χ0n) is 13.1. The molecule has 0 atom stereocenters. The van der Waals surface area contributed by atoms with Crippen molar-refractivity contribution in [1.82, 2.24) is 0 Å². The van der Waals surface area contributed by atoms with E-state index in [0.29, 0.717) is 18.4 Å². The molecule has 3 rings (SSSR count). The lowest BCUT2D eigenvalue weighted by molar-refractivity contribution is 0.273. The van der Waals surface area contributed by atoms with Gasteiger partial charge in [0.1, 0.15) is 11.6 Å². The van der Waals surface area contributed by atoms with Crippen molar-refractivity contribution in [2.75, 3.05) is 11.9 Å². The standard InChI is InChI=1S/C18H19F2N3.HI/c19-15-6-7-16(20)17(10-15)23-18(21)22-11-12-8-14(9-12)13-4-2-1-3-5-13;/h1-7,10,12,14H,8-9,11H2,(H3,21,22,23);1H. The zero-order valence-corrected chi connectivity index (χ0v) is 15.4. The van der Waals surface area contributed by atoms with E-state index in [1.807, 2.05) is 6.07 Å². The predicted molar refractivity (Wildman–Crippen MR) is 104 cm³/mol. The highest BCUT2D eigenvalue weighted by Crippen LogP contribution is 2.41. The molecular formula is C18H20F2IN3. The van der Waals surface area contributed by atoms with Crippen molar-refractivity contribution in [3.63, 3.8) is 0 Å². The van der Waals surface area contributed by atoms with E-state index in [1.54, 1.807) is 0 Å². The number of nitrogens with one attached hydrogen (secondary N) is 1. The van der Waals surface area contributed by atoms with Gasteiger partial charge in [0.05, 0.1) is 5.69 Å². The molecule has 0 aliphatic heterocycles. The molecule has 0 spiro atoms. The third kappa shape index (κ3) is 4.66. The van der Waals surface area contributed by atoms with E-state index in [4.69, 9.17) is 5.73 Å². The maximum absolute atomic E-state index is 13.5. The smallest absolute Gasteiger partial charge is 0.193 e. The summed E-state index contributed by atoms with van der Waals surface area (Å²) in [5.74, 6) is 0.102. The summed E-state index contributed by atoms with van der Waals surface area (Å²) in [4.78, 5) is 4.23. The van der Waals surface area contributed by atoms with E-state index in [9.17, 15) is 8.78 Å². The molecule has 0 aromatic heterocycles. The summed E-state index contributed by atoms with van der Waals surface area (Å²) >= 11 is 0. The van der Waals surface area contributed by atoms with Gasteiger partial charge in [0.25, 0.3) is 0 Å². The Bertz CT molecular complexity index is 701. The summed E-state index contributed by atoms with van der Waals surface area (Å²) in [6.07, 6.45) is 2.16. The number of nitrogens with zero attached hydrogens (tertiary/aromatic N) is 1. The van der Waals surface area contributed by atoms with Crippen LogP contribution in [0.3, 0.4) is 0 Å². The molecule has 128 valence electrons. The van der Waals surface area contributed by atoms with Crippen LogP contribution in [0.4, 0.5) is 14.5 Å². The normalized spacial score (nSPS) is 20.0. The van der Waals surface area contributed by atoms with Crippen LogP contribution in [0.1, 0.15) is 24.3 Å². The van der Waals surface area contributed by atoms with Gasteiger partial charge < -0.3 is 11.1 Å². The van der Waals surface area contributed by atoms with E-state index in [1.165, 1.54) is 5.56 Å². The highest BCUT2D eigenvalue weighted by atomic mass is 127. The van der Waals surface area contributed by atoms with Crippen LogP contribution in [0.25, 0.3) is 0 Å². The van der Waals surface area contributed by atoms with Crippen LogP contribution in [0.5, 0.6) is 0 Å². The number of benzene rings is 2. The molecule has 0 unspecified atom stereocenters. The predicted octanol–water partition coefficient (Wildman–Crippen LogP) is 4.50. The van der Waals surface area contributed by atoms with Crippen molar-refractivity contribution in [2.24, 2.45) is 16.6 Å². The fraction of sp³-hybridized carbons (Fsp3) is 0.278. The summed E-state index contributed by atoms with van der Waals surface area (Å²) in [6, 6.07) is 13.6. The van der Waals surface area contributed by atoms with Crippen LogP contribution in [-0.4, -0.2) is 12.5 Å². The van der Waals surface area contributed by atoms with Gasteiger partial charge in [-0.05, 0) is 42.4 Å². The number of guanidine groups is 1. The number of nitrogens with two attached hydrogens (primary N) is 1. The third-order valence-electron chi connectivity index (χ3n) is 4.22. The van der Waals surface area contributed by atoms with Crippen LogP contribution in [0, 0.1) is 17.6 Å². The number of rotatable bonds is 4. The third-order valence-corrected chi connectivity index (χ3v) is 4.22. The second-order valence-electron chi connectivity index (χ2n) is 5.92. The molecule has 6 heteroatoms. The topological polar surface area (TPSA) is 50.4 Å². The summed E-state index contributed by atoms with van der Waals surface area (Å²) < 4.78 is 26.6. The first-order valence-electron chi connectivity index (χ1n) is 7.69. The van der Waals surface area contributed by atoms with E-state index >= 15 is 0 Å². The second-order valence-corrected chi connectivity index (χ2v) is 5.92. The Hall–Kier alpha value is -1.70. The largest absolute Gasteiger partial charge is 0.370 e. The van der Waals surface area contributed by atoms with E-state index < -0.39 is 11.6 Å². The molecule has 0 amide bonds. The minimum atomic E-state index is -0.558. The lowest BCUT2D eigenvalue weighted by atomic mass is 9.71. The molecule has 2 aromatic carbocycles. The molecule has 0 bridgehead atoms. The molecule has 1 aliphatic carbocycles. The van der Waals surface area contributed by atoms with Crippen molar-refractivity contribution < 1.29 is 8.78 Å². The summed E-state index contributed by atoms with van der Waals surface area (Å²) in [5, 5.41) is 2.61. The van der Waals surface area contributed by atoms with Gasteiger partial charge in [0, 0.05) is 12.6 Å². The van der Waals surface area contributed by atoms with E-state index in [2.05, 4.69) is 34.6 Å². The van der Waals surface area contributed by atoms with Gasteiger partial charge in [-0.25, -0.2) is 8.78 Å². The summed E-state index contributed by atoms with van der Waals surface area (Å²) in [5.41, 5.74) is 7.11. The SMILES string of the molecule is I.NC(=NCC1CC(c2ccccc2)C1)Nc1cc(F)ccc1F. The van der Waals surface area contributed by atoms with Gasteiger partial charge in [0.15, 0.2) is 5.96 Å². The lowest BCUT2D eigenvalue weighted by Crippen LogP contribution is -2.28. The Morgan fingerprint density at radius 3 is 2.54 bits per heavy atom. The molecular weight excluding hydrogens is 423 g/mol. The van der Waals surface area contributed by atoms with Gasteiger partial charge in [-0.15, -0.1) is 24.0 Å². The van der Waals surface area contributed by atoms with Gasteiger partial charge >= 0.3 is 0 Å². The Kier molecular flexibility index (Phi) is 6.53. The molecule has 3 nitrogen and oxygen atoms in total. The molecule has 1 saturated carbocycles. The number of hydrogen-bond donors (Lipinski definition) is 2. The molecule has 24 heavy (non-hydrogen) atoms.